The zero-order valence-electron chi connectivity index (χ0n) is 9.81. The van der Waals surface area contributed by atoms with Crippen molar-refractivity contribution >= 4 is 0 Å². The van der Waals surface area contributed by atoms with Gasteiger partial charge in [-0.1, -0.05) is 33.8 Å². The average molecular weight is 181 g/mol. The van der Waals surface area contributed by atoms with Gasteiger partial charge in [0.15, 0.2) is 0 Å². The highest BCUT2D eigenvalue weighted by Crippen LogP contribution is 2.15. The van der Waals surface area contributed by atoms with Crippen LogP contribution in [0.2, 0.25) is 0 Å². The van der Waals surface area contributed by atoms with E-state index in [1.807, 2.05) is 7.05 Å². The second-order valence-electron chi connectivity index (χ2n) is 3.95. The number of hydrogen-bond donors (Lipinski definition) is 1. The van der Waals surface area contributed by atoms with Gasteiger partial charge in [-0.15, -0.1) is 0 Å². The van der Waals surface area contributed by atoms with Gasteiger partial charge in [0.1, 0.15) is 0 Å². The molecule has 76 valence electrons. The van der Waals surface area contributed by atoms with E-state index >= 15 is 0 Å². The average Bonchev–Trinajstić information content (AvgIpc) is 2.05. The Labute approximate surface area is 82.9 Å². The first kappa shape index (κ1) is 12.3. The normalized spacial score (nSPS) is 14.2. The summed E-state index contributed by atoms with van der Waals surface area (Å²) in [6.07, 6.45) is 4.44. The molecule has 0 saturated carbocycles. The SMILES string of the molecule is C/C=C(\C=C(/NC)C(C)C)C(C)C. The highest BCUT2D eigenvalue weighted by Gasteiger charge is 2.03. The van der Waals surface area contributed by atoms with Crippen molar-refractivity contribution < 1.29 is 0 Å². The van der Waals surface area contributed by atoms with Gasteiger partial charge in [-0.3, -0.25) is 0 Å². The van der Waals surface area contributed by atoms with E-state index in [0.717, 1.165) is 0 Å². The molecule has 0 saturated heterocycles. The highest BCUT2D eigenvalue weighted by molar-refractivity contribution is 5.24. The van der Waals surface area contributed by atoms with Crippen molar-refractivity contribution in [2.24, 2.45) is 11.8 Å². The maximum absolute atomic E-state index is 3.24. The summed E-state index contributed by atoms with van der Waals surface area (Å²) in [5.41, 5.74) is 2.71. The van der Waals surface area contributed by atoms with Gasteiger partial charge in [0.25, 0.3) is 0 Å². The maximum Gasteiger partial charge on any atom is 0.0133 e. The zero-order chi connectivity index (χ0) is 10.4. The summed E-state index contributed by atoms with van der Waals surface area (Å²) in [5.74, 6) is 1.17. The van der Waals surface area contributed by atoms with E-state index in [-0.39, 0.29) is 0 Å². The van der Waals surface area contributed by atoms with Crippen molar-refractivity contribution in [3.63, 3.8) is 0 Å². The minimum Gasteiger partial charge on any atom is -0.391 e. The van der Waals surface area contributed by atoms with Crippen LogP contribution < -0.4 is 5.32 Å². The Kier molecular flexibility index (Phi) is 5.52. The molecule has 0 aromatic rings. The van der Waals surface area contributed by atoms with Gasteiger partial charge < -0.3 is 5.32 Å². The predicted molar refractivity (Wildman–Crippen MR) is 60.6 cm³/mol. The number of allylic oxidation sites excluding steroid dienone is 4. The molecule has 0 aromatic heterocycles. The fraction of sp³-hybridized carbons (Fsp3) is 0.667. The molecule has 0 aliphatic carbocycles. The molecule has 0 atom stereocenters. The number of hydrogen-bond acceptors (Lipinski definition) is 1. The van der Waals surface area contributed by atoms with E-state index in [1.54, 1.807) is 0 Å². The molecule has 0 amide bonds. The van der Waals surface area contributed by atoms with Crippen molar-refractivity contribution in [2.75, 3.05) is 7.05 Å². The Hall–Kier alpha value is -0.720. The Bertz CT molecular complexity index is 197. The molecule has 1 nitrogen and oxygen atoms in total. The summed E-state index contributed by atoms with van der Waals surface area (Å²) in [7, 11) is 1.99. The van der Waals surface area contributed by atoms with Crippen LogP contribution in [-0.4, -0.2) is 7.05 Å². The molecule has 1 N–H and O–H groups in total. The van der Waals surface area contributed by atoms with Gasteiger partial charge in [0.05, 0.1) is 0 Å². The summed E-state index contributed by atoms with van der Waals surface area (Å²) in [6, 6.07) is 0. The largest absolute Gasteiger partial charge is 0.391 e. The molecule has 1 heteroatoms. The van der Waals surface area contributed by atoms with Crippen LogP contribution in [0.1, 0.15) is 34.6 Å². The fourth-order valence-electron chi connectivity index (χ4n) is 1.29. The highest BCUT2D eigenvalue weighted by atomic mass is 14.8. The molecule has 0 radical (unpaired) electrons. The maximum atomic E-state index is 3.24. The van der Waals surface area contributed by atoms with Crippen LogP contribution in [0.5, 0.6) is 0 Å². The molecule has 0 rings (SSSR count). The molecule has 0 aliphatic rings. The Balaban J connectivity index is 4.66. The predicted octanol–water partition coefficient (Wildman–Crippen LogP) is 3.35. The molecule has 0 unspecified atom stereocenters. The van der Waals surface area contributed by atoms with Gasteiger partial charge in [0.2, 0.25) is 0 Å². The lowest BCUT2D eigenvalue weighted by Crippen LogP contribution is -2.12. The first-order valence-electron chi connectivity index (χ1n) is 5.08. The molecule has 0 fully saturated rings. The Morgan fingerprint density at radius 2 is 1.62 bits per heavy atom. The van der Waals surface area contributed by atoms with Crippen molar-refractivity contribution in [3.8, 4) is 0 Å². The Morgan fingerprint density at radius 1 is 1.08 bits per heavy atom. The van der Waals surface area contributed by atoms with Crippen molar-refractivity contribution in [2.45, 2.75) is 34.6 Å². The van der Waals surface area contributed by atoms with Gasteiger partial charge in [-0.05, 0) is 30.4 Å². The van der Waals surface area contributed by atoms with Gasteiger partial charge in [-0.2, -0.15) is 0 Å². The van der Waals surface area contributed by atoms with Crippen LogP contribution in [0.25, 0.3) is 0 Å². The van der Waals surface area contributed by atoms with E-state index in [2.05, 4.69) is 52.1 Å². The lowest BCUT2D eigenvalue weighted by atomic mass is 9.99. The van der Waals surface area contributed by atoms with Crippen LogP contribution in [0, 0.1) is 11.8 Å². The first-order chi connectivity index (χ1) is 6.02. The summed E-state index contributed by atoms with van der Waals surface area (Å²) in [6.45, 7) is 10.9. The van der Waals surface area contributed by atoms with Crippen LogP contribution in [0.15, 0.2) is 23.4 Å². The fourth-order valence-corrected chi connectivity index (χ4v) is 1.29. The van der Waals surface area contributed by atoms with Crippen molar-refractivity contribution in [1.82, 2.24) is 5.32 Å². The Morgan fingerprint density at radius 3 is 1.85 bits per heavy atom. The van der Waals surface area contributed by atoms with Crippen LogP contribution in [-0.2, 0) is 0 Å². The third kappa shape index (κ3) is 4.16. The lowest BCUT2D eigenvalue weighted by molar-refractivity contribution is 0.690. The summed E-state index contributed by atoms with van der Waals surface area (Å²) in [4.78, 5) is 0. The van der Waals surface area contributed by atoms with Crippen LogP contribution >= 0.6 is 0 Å². The van der Waals surface area contributed by atoms with Gasteiger partial charge in [-0.25, -0.2) is 0 Å². The zero-order valence-corrected chi connectivity index (χ0v) is 9.81. The second-order valence-corrected chi connectivity index (χ2v) is 3.95. The minimum atomic E-state index is 0.568. The van der Waals surface area contributed by atoms with Crippen molar-refractivity contribution in [3.05, 3.63) is 23.4 Å². The van der Waals surface area contributed by atoms with Crippen LogP contribution in [0.3, 0.4) is 0 Å². The van der Waals surface area contributed by atoms with E-state index < -0.39 is 0 Å². The third-order valence-corrected chi connectivity index (χ3v) is 2.23. The molecule has 0 aliphatic heterocycles. The van der Waals surface area contributed by atoms with Crippen molar-refractivity contribution in [1.29, 1.82) is 0 Å². The first-order valence-corrected chi connectivity index (χ1v) is 5.08. The number of rotatable bonds is 4. The van der Waals surface area contributed by atoms with E-state index in [0.29, 0.717) is 11.8 Å². The monoisotopic (exact) mass is 181 g/mol. The molecular weight excluding hydrogens is 158 g/mol. The lowest BCUT2D eigenvalue weighted by Gasteiger charge is -2.13. The smallest absolute Gasteiger partial charge is 0.0133 e. The van der Waals surface area contributed by atoms with E-state index in [4.69, 9.17) is 0 Å². The number of nitrogens with one attached hydrogen (secondary N) is 1. The second kappa shape index (κ2) is 5.85. The topological polar surface area (TPSA) is 12.0 Å². The summed E-state index contributed by atoms with van der Waals surface area (Å²) >= 11 is 0. The standard InChI is InChI=1S/C12H23N/c1-7-11(9(2)3)8-12(13-6)10(4)5/h7-10,13H,1-6H3/b11-7+,12-8-. The molecule has 13 heavy (non-hydrogen) atoms. The molecule has 0 heterocycles. The summed E-state index contributed by atoms with van der Waals surface area (Å²) < 4.78 is 0. The third-order valence-electron chi connectivity index (χ3n) is 2.23. The molecule has 0 bridgehead atoms. The van der Waals surface area contributed by atoms with E-state index in [9.17, 15) is 0 Å². The summed E-state index contributed by atoms with van der Waals surface area (Å²) in [5, 5.41) is 3.24. The minimum absolute atomic E-state index is 0.568. The quantitative estimate of drug-likeness (QED) is 0.656. The van der Waals surface area contributed by atoms with E-state index in [1.165, 1.54) is 11.3 Å². The molecule has 0 aromatic carbocycles. The van der Waals surface area contributed by atoms with Crippen LogP contribution in [0.4, 0.5) is 0 Å². The van der Waals surface area contributed by atoms with Gasteiger partial charge in [0, 0.05) is 12.7 Å². The molecule has 0 spiro atoms. The molecular formula is C12H23N. The van der Waals surface area contributed by atoms with Gasteiger partial charge >= 0.3 is 0 Å².